The minimum atomic E-state index is -3.61. The molecule has 0 saturated carbocycles. The minimum absolute atomic E-state index is 0.176. The van der Waals surface area contributed by atoms with Gasteiger partial charge in [-0.25, -0.2) is 8.42 Å². The summed E-state index contributed by atoms with van der Waals surface area (Å²) in [6.45, 7) is 2.62. The normalized spacial score (nSPS) is 16.2. The summed E-state index contributed by atoms with van der Waals surface area (Å²) in [5, 5.41) is 3.09. The van der Waals surface area contributed by atoms with E-state index in [0.29, 0.717) is 24.4 Å². The van der Waals surface area contributed by atoms with Gasteiger partial charge in [0.15, 0.2) is 6.61 Å². The van der Waals surface area contributed by atoms with Crippen molar-refractivity contribution in [2.24, 2.45) is 5.92 Å². The minimum Gasteiger partial charge on any atom is -0.455 e. The van der Waals surface area contributed by atoms with Crippen LogP contribution in [0.2, 0.25) is 5.02 Å². The fraction of sp³-hybridized carbons (Fsp3) is 0.529. The number of carbonyl (C=O) groups is 2. The Labute approximate surface area is 158 Å². The Morgan fingerprint density at radius 3 is 2.42 bits per heavy atom. The Hall–Kier alpha value is -1.64. The molecule has 1 aliphatic heterocycles. The highest BCUT2D eigenvalue weighted by Crippen LogP contribution is 2.25. The first-order valence-electron chi connectivity index (χ1n) is 8.53. The van der Waals surface area contributed by atoms with E-state index in [2.05, 4.69) is 5.32 Å². The smallest absolute Gasteiger partial charge is 0.309 e. The topological polar surface area (TPSA) is 92.8 Å². The number of sulfonamides is 1. The molecule has 1 heterocycles. The first-order chi connectivity index (χ1) is 12.3. The second-order valence-electron chi connectivity index (χ2n) is 6.09. The van der Waals surface area contributed by atoms with Gasteiger partial charge in [0.1, 0.15) is 0 Å². The van der Waals surface area contributed by atoms with Gasteiger partial charge >= 0.3 is 5.97 Å². The highest BCUT2D eigenvalue weighted by Gasteiger charge is 2.32. The molecule has 26 heavy (non-hydrogen) atoms. The van der Waals surface area contributed by atoms with Crippen LogP contribution in [0.5, 0.6) is 0 Å². The highest BCUT2D eigenvalue weighted by molar-refractivity contribution is 7.89. The van der Waals surface area contributed by atoms with Crippen LogP contribution in [0, 0.1) is 5.92 Å². The Balaban J connectivity index is 1.85. The fourth-order valence-corrected chi connectivity index (χ4v) is 4.25. The molecule has 0 unspecified atom stereocenters. The van der Waals surface area contributed by atoms with Crippen LogP contribution in [0.15, 0.2) is 29.2 Å². The lowest BCUT2D eigenvalue weighted by molar-refractivity contribution is -0.153. The van der Waals surface area contributed by atoms with Crippen molar-refractivity contribution < 1.29 is 22.7 Å². The predicted molar refractivity (Wildman–Crippen MR) is 97.2 cm³/mol. The number of esters is 1. The summed E-state index contributed by atoms with van der Waals surface area (Å²) in [7, 11) is -3.61. The van der Waals surface area contributed by atoms with E-state index in [4.69, 9.17) is 16.3 Å². The van der Waals surface area contributed by atoms with Gasteiger partial charge in [0.25, 0.3) is 5.91 Å². The monoisotopic (exact) mass is 402 g/mol. The van der Waals surface area contributed by atoms with E-state index >= 15 is 0 Å². The molecule has 2 rings (SSSR count). The molecule has 1 fully saturated rings. The highest BCUT2D eigenvalue weighted by atomic mass is 35.5. The van der Waals surface area contributed by atoms with Crippen LogP contribution in [-0.2, 0) is 24.3 Å². The van der Waals surface area contributed by atoms with Crippen molar-refractivity contribution in [1.29, 1.82) is 0 Å². The molecule has 0 spiro atoms. The standard InChI is InChI=1S/C17H23ClN2O5S/c1-2-9-19-16(21)12-25-17(22)13-7-10-20(11-8-13)26(23,24)15-5-3-14(18)4-6-15/h3-6,13H,2,7-12H2,1H3,(H,19,21). The molecule has 0 atom stereocenters. The molecule has 0 aromatic heterocycles. The van der Waals surface area contributed by atoms with Crippen molar-refractivity contribution in [3.63, 3.8) is 0 Å². The predicted octanol–water partition coefficient (Wildman–Crippen LogP) is 1.81. The number of nitrogens with one attached hydrogen (secondary N) is 1. The van der Waals surface area contributed by atoms with E-state index in [-0.39, 0.29) is 30.5 Å². The van der Waals surface area contributed by atoms with Gasteiger partial charge < -0.3 is 10.1 Å². The van der Waals surface area contributed by atoms with E-state index in [1.807, 2.05) is 6.92 Å². The average molecular weight is 403 g/mol. The summed E-state index contributed by atoms with van der Waals surface area (Å²) >= 11 is 5.79. The van der Waals surface area contributed by atoms with Crippen LogP contribution in [0.25, 0.3) is 0 Å². The third kappa shape index (κ3) is 5.43. The van der Waals surface area contributed by atoms with Crippen LogP contribution in [0.3, 0.4) is 0 Å². The van der Waals surface area contributed by atoms with Crippen molar-refractivity contribution in [3.8, 4) is 0 Å². The Bertz CT molecular complexity index is 728. The molecule has 1 aromatic carbocycles. The summed E-state index contributed by atoms with van der Waals surface area (Å²) in [4.78, 5) is 23.7. The molecular weight excluding hydrogens is 380 g/mol. The van der Waals surface area contributed by atoms with Gasteiger partial charge in [0, 0.05) is 24.7 Å². The van der Waals surface area contributed by atoms with Crippen LogP contribution < -0.4 is 5.32 Å². The van der Waals surface area contributed by atoms with Crippen LogP contribution in [0.1, 0.15) is 26.2 Å². The lowest BCUT2D eigenvalue weighted by Gasteiger charge is -2.30. The van der Waals surface area contributed by atoms with Crippen molar-refractivity contribution in [2.45, 2.75) is 31.1 Å². The number of piperidine rings is 1. The SMILES string of the molecule is CCCNC(=O)COC(=O)C1CCN(S(=O)(=O)c2ccc(Cl)cc2)CC1. The van der Waals surface area contributed by atoms with Crippen LogP contribution in [-0.4, -0.2) is 50.8 Å². The quantitative estimate of drug-likeness (QED) is 0.702. The summed E-state index contributed by atoms with van der Waals surface area (Å²) in [5.74, 6) is -1.19. The molecule has 144 valence electrons. The van der Waals surface area contributed by atoms with Crippen LogP contribution in [0.4, 0.5) is 0 Å². The molecule has 1 N–H and O–H groups in total. The van der Waals surface area contributed by atoms with Gasteiger partial charge in [-0.05, 0) is 43.5 Å². The van der Waals surface area contributed by atoms with E-state index in [1.54, 1.807) is 0 Å². The third-order valence-corrected chi connectivity index (χ3v) is 6.32. The lowest BCUT2D eigenvalue weighted by atomic mass is 9.98. The van der Waals surface area contributed by atoms with Crippen molar-refractivity contribution in [2.75, 3.05) is 26.2 Å². The van der Waals surface area contributed by atoms with Crippen molar-refractivity contribution in [1.82, 2.24) is 9.62 Å². The van der Waals surface area contributed by atoms with Crippen LogP contribution >= 0.6 is 11.6 Å². The summed E-state index contributed by atoms with van der Waals surface area (Å²) < 4.78 is 31.6. The molecule has 1 saturated heterocycles. The van der Waals surface area contributed by atoms with Crippen molar-refractivity contribution in [3.05, 3.63) is 29.3 Å². The molecule has 0 radical (unpaired) electrons. The van der Waals surface area contributed by atoms with E-state index in [0.717, 1.165) is 6.42 Å². The molecule has 0 aliphatic carbocycles. The number of amides is 1. The molecule has 1 aliphatic rings. The zero-order valence-corrected chi connectivity index (χ0v) is 16.2. The molecular formula is C17H23ClN2O5S. The maximum Gasteiger partial charge on any atom is 0.309 e. The van der Waals surface area contributed by atoms with Gasteiger partial charge in [-0.2, -0.15) is 4.31 Å². The third-order valence-electron chi connectivity index (χ3n) is 4.16. The first kappa shape index (κ1) is 20.7. The average Bonchev–Trinajstić information content (AvgIpc) is 2.64. The molecule has 9 heteroatoms. The van der Waals surface area contributed by atoms with E-state index < -0.39 is 21.9 Å². The van der Waals surface area contributed by atoms with E-state index in [1.165, 1.54) is 28.6 Å². The first-order valence-corrected chi connectivity index (χ1v) is 10.4. The Kier molecular flexibility index (Phi) is 7.43. The number of carbonyl (C=O) groups excluding carboxylic acids is 2. The van der Waals surface area contributed by atoms with Gasteiger partial charge in [-0.15, -0.1) is 0 Å². The number of nitrogens with zero attached hydrogens (tertiary/aromatic N) is 1. The number of halogens is 1. The van der Waals surface area contributed by atoms with Gasteiger partial charge in [0.05, 0.1) is 10.8 Å². The second-order valence-corrected chi connectivity index (χ2v) is 8.46. The molecule has 1 amide bonds. The Morgan fingerprint density at radius 2 is 1.85 bits per heavy atom. The summed E-state index contributed by atoms with van der Waals surface area (Å²) in [6.07, 6.45) is 1.53. The van der Waals surface area contributed by atoms with E-state index in [9.17, 15) is 18.0 Å². The van der Waals surface area contributed by atoms with Gasteiger partial charge in [0.2, 0.25) is 10.0 Å². The van der Waals surface area contributed by atoms with Gasteiger partial charge in [-0.3, -0.25) is 9.59 Å². The maximum atomic E-state index is 12.6. The lowest BCUT2D eigenvalue weighted by Crippen LogP contribution is -2.41. The Morgan fingerprint density at radius 1 is 1.23 bits per heavy atom. The molecule has 1 aromatic rings. The number of benzene rings is 1. The second kappa shape index (κ2) is 9.34. The van der Waals surface area contributed by atoms with Gasteiger partial charge in [-0.1, -0.05) is 18.5 Å². The number of rotatable bonds is 7. The largest absolute Gasteiger partial charge is 0.455 e. The maximum absolute atomic E-state index is 12.6. The van der Waals surface area contributed by atoms with Crippen molar-refractivity contribution >= 4 is 33.5 Å². The number of ether oxygens (including phenoxy) is 1. The molecule has 0 bridgehead atoms. The zero-order chi connectivity index (χ0) is 19.2. The summed E-state index contributed by atoms with van der Waals surface area (Å²) in [6, 6.07) is 5.99. The zero-order valence-electron chi connectivity index (χ0n) is 14.6. The molecule has 7 nitrogen and oxygen atoms in total. The number of hydrogen-bond acceptors (Lipinski definition) is 5. The summed E-state index contributed by atoms with van der Waals surface area (Å²) in [5.41, 5.74) is 0. The number of hydrogen-bond donors (Lipinski definition) is 1. The fourth-order valence-electron chi connectivity index (χ4n) is 2.66.